The fourth-order valence-corrected chi connectivity index (χ4v) is 3.76. The molecule has 1 heterocycles. The Morgan fingerprint density at radius 2 is 1.38 bits per heavy atom. The molecule has 37 heavy (non-hydrogen) atoms. The number of carbonyl (C=O) groups is 3. The summed E-state index contributed by atoms with van der Waals surface area (Å²) in [7, 11) is 0. The van der Waals surface area contributed by atoms with Crippen molar-refractivity contribution in [3.8, 4) is 0 Å². The van der Waals surface area contributed by atoms with Gasteiger partial charge in [-0.3, -0.25) is 14.6 Å². The smallest absolute Gasteiger partial charge is 0.408 e. The van der Waals surface area contributed by atoms with Crippen molar-refractivity contribution < 1.29 is 19.1 Å². The number of nitrogens with two attached hydrogens (primary N) is 1. The molecule has 2 atom stereocenters. The van der Waals surface area contributed by atoms with Gasteiger partial charge in [0.25, 0.3) is 0 Å². The zero-order valence-corrected chi connectivity index (χ0v) is 20.0. The molecule has 0 bridgehead atoms. The first-order chi connectivity index (χ1) is 18.0. The van der Waals surface area contributed by atoms with Crippen LogP contribution in [0.15, 0.2) is 91.1 Å². The lowest BCUT2D eigenvalue weighted by molar-refractivity contribution is -0.128. The van der Waals surface area contributed by atoms with Crippen LogP contribution in [0.25, 0.3) is 11.0 Å². The second-order valence-electron chi connectivity index (χ2n) is 8.47. The standard InChI is InChI=1S/C28H27N5O4/c29-26(34)24(16-21-17-30-22-13-7-8-14-23(22)31-21)32-27(35)25(15-19-9-3-1-4-10-19)33-28(36)37-18-20-11-5-2-6-12-20/h1-14,17,24-25H,15-16,18H2,(H2,29,34)(H,32,35)(H,33,36)/t24-,25-/m1/s1. The van der Waals surface area contributed by atoms with Crippen LogP contribution in [-0.4, -0.2) is 40.0 Å². The van der Waals surface area contributed by atoms with Crippen LogP contribution in [0.4, 0.5) is 4.79 Å². The number of alkyl carbamates (subject to hydrolysis) is 1. The van der Waals surface area contributed by atoms with Gasteiger partial charge in [-0.2, -0.15) is 0 Å². The Kier molecular flexibility index (Phi) is 8.38. The average molecular weight is 498 g/mol. The highest BCUT2D eigenvalue weighted by molar-refractivity contribution is 5.91. The van der Waals surface area contributed by atoms with Crippen molar-refractivity contribution in [1.29, 1.82) is 0 Å². The van der Waals surface area contributed by atoms with Gasteiger partial charge in [-0.05, 0) is 23.3 Å². The summed E-state index contributed by atoms with van der Waals surface area (Å²) in [5.41, 5.74) is 9.11. The molecule has 3 aromatic carbocycles. The third kappa shape index (κ3) is 7.35. The van der Waals surface area contributed by atoms with Crippen LogP contribution in [0.2, 0.25) is 0 Å². The van der Waals surface area contributed by atoms with Gasteiger partial charge in [0.05, 0.1) is 16.7 Å². The number of fused-ring (bicyclic) bond motifs is 1. The Bertz CT molecular complexity index is 1360. The third-order valence-corrected chi connectivity index (χ3v) is 5.68. The lowest BCUT2D eigenvalue weighted by Gasteiger charge is -2.22. The highest BCUT2D eigenvalue weighted by Gasteiger charge is 2.27. The number of hydrogen-bond acceptors (Lipinski definition) is 6. The number of aromatic nitrogens is 2. The van der Waals surface area contributed by atoms with Gasteiger partial charge in [-0.25, -0.2) is 9.78 Å². The van der Waals surface area contributed by atoms with Gasteiger partial charge in [0.15, 0.2) is 0 Å². The fourth-order valence-electron chi connectivity index (χ4n) is 3.76. The van der Waals surface area contributed by atoms with Crippen LogP contribution in [0.5, 0.6) is 0 Å². The lowest BCUT2D eigenvalue weighted by atomic mass is 10.0. The van der Waals surface area contributed by atoms with Crippen LogP contribution in [0.1, 0.15) is 16.8 Å². The average Bonchev–Trinajstić information content (AvgIpc) is 2.92. The van der Waals surface area contributed by atoms with Gasteiger partial charge >= 0.3 is 6.09 Å². The summed E-state index contributed by atoms with van der Waals surface area (Å²) in [4.78, 5) is 46.9. The quantitative estimate of drug-likeness (QED) is 0.308. The molecule has 4 N–H and O–H groups in total. The molecule has 0 fully saturated rings. The molecular formula is C28H27N5O4. The number of amides is 3. The van der Waals surface area contributed by atoms with Crippen molar-refractivity contribution >= 4 is 28.9 Å². The van der Waals surface area contributed by atoms with Crippen LogP contribution < -0.4 is 16.4 Å². The van der Waals surface area contributed by atoms with E-state index in [9.17, 15) is 14.4 Å². The summed E-state index contributed by atoms with van der Waals surface area (Å²) >= 11 is 0. The Balaban J connectivity index is 1.45. The second-order valence-corrected chi connectivity index (χ2v) is 8.47. The number of carbonyl (C=O) groups excluding carboxylic acids is 3. The fraction of sp³-hybridized carbons (Fsp3) is 0.179. The van der Waals surface area contributed by atoms with Crippen molar-refractivity contribution in [2.75, 3.05) is 0 Å². The van der Waals surface area contributed by atoms with Crippen molar-refractivity contribution in [3.05, 3.63) is 108 Å². The summed E-state index contributed by atoms with van der Waals surface area (Å²) in [6, 6.07) is 23.7. The molecular weight excluding hydrogens is 470 g/mol. The molecule has 0 aliphatic heterocycles. The van der Waals surface area contributed by atoms with Crippen LogP contribution in [-0.2, 0) is 33.8 Å². The Labute approximate surface area is 214 Å². The monoisotopic (exact) mass is 497 g/mol. The maximum Gasteiger partial charge on any atom is 0.408 e. The molecule has 0 radical (unpaired) electrons. The van der Waals surface area contributed by atoms with E-state index in [0.29, 0.717) is 16.7 Å². The van der Waals surface area contributed by atoms with E-state index in [-0.39, 0.29) is 19.4 Å². The summed E-state index contributed by atoms with van der Waals surface area (Å²) < 4.78 is 5.30. The number of ether oxygens (including phenoxy) is 1. The summed E-state index contributed by atoms with van der Waals surface area (Å²) in [6.45, 7) is 0.0525. The van der Waals surface area contributed by atoms with Gasteiger partial charge in [0, 0.05) is 19.0 Å². The second kappa shape index (κ2) is 12.3. The van der Waals surface area contributed by atoms with Gasteiger partial charge in [0.2, 0.25) is 11.8 Å². The van der Waals surface area contributed by atoms with E-state index in [4.69, 9.17) is 10.5 Å². The first-order valence-corrected chi connectivity index (χ1v) is 11.8. The zero-order chi connectivity index (χ0) is 26.0. The molecule has 0 aliphatic rings. The van der Waals surface area contributed by atoms with E-state index in [1.807, 2.05) is 84.9 Å². The molecule has 1 aromatic heterocycles. The number of nitrogens with one attached hydrogen (secondary N) is 2. The van der Waals surface area contributed by atoms with Gasteiger partial charge in [0.1, 0.15) is 18.7 Å². The van der Waals surface area contributed by atoms with E-state index in [2.05, 4.69) is 20.6 Å². The number of nitrogens with zero attached hydrogens (tertiary/aromatic N) is 2. The van der Waals surface area contributed by atoms with E-state index in [1.165, 1.54) is 0 Å². The normalized spacial score (nSPS) is 12.3. The molecule has 0 spiro atoms. The van der Waals surface area contributed by atoms with E-state index < -0.39 is 30.0 Å². The highest BCUT2D eigenvalue weighted by Crippen LogP contribution is 2.11. The lowest BCUT2D eigenvalue weighted by Crippen LogP contribution is -2.54. The molecule has 4 aromatic rings. The predicted octanol–water partition coefficient (Wildman–Crippen LogP) is 2.68. The molecule has 0 saturated heterocycles. The van der Waals surface area contributed by atoms with Gasteiger partial charge in [-0.15, -0.1) is 0 Å². The maximum atomic E-state index is 13.2. The summed E-state index contributed by atoms with van der Waals surface area (Å²) in [6.07, 6.45) is 1.03. The van der Waals surface area contributed by atoms with Crippen LogP contribution in [0.3, 0.4) is 0 Å². The SMILES string of the molecule is NC(=O)[C@@H](Cc1cnc2ccccc2n1)NC(=O)[C@@H](Cc1ccccc1)NC(=O)OCc1ccccc1. The largest absolute Gasteiger partial charge is 0.445 e. The maximum absolute atomic E-state index is 13.2. The number of primary amides is 1. The molecule has 0 aliphatic carbocycles. The van der Waals surface area contributed by atoms with E-state index in [0.717, 1.165) is 11.1 Å². The molecule has 9 nitrogen and oxygen atoms in total. The predicted molar refractivity (Wildman–Crippen MR) is 138 cm³/mol. The Morgan fingerprint density at radius 1 is 0.757 bits per heavy atom. The van der Waals surface area contributed by atoms with Crippen LogP contribution >= 0.6 is 0 Å². The summed E-state index contributed by atoms with van der Waals surface area (Å²) in [5.74, 6) is -1.30. The molecule has 9 heteroatoms. The number of hydrogen-bond donors (Lipinski definition) is 3. The minimum absolute atomic E-state index is 0.0510. The van der Waals surface area contributed by atoms with E-state index in [1.54, 1.807) is 6.20 Å². The minimum atomic E-state index is -1.05. The van der Waals surface area contributed by atoms with E-state index >= 15 is 0 Å². The molecule has 0 saturated carbocycles. The zero-order valence-electron chi connectivity index (χ0n) is 20.0. The van der Waals surface area contributed by atoms with Crippen molar-refractivity contribution in [1.82, 2.24) is 20.6 Å². The van der Waals surface area contributed by atoms with Crippen molar-refractivity contribution in [2.45, 2.75) is 31.5 Å². The third-order valence-electron chi connectivity index (χ3n) is 5.68. The topological polar surface area (TPSA) is 136 Å². The molecule has 188 valence electrons. The minimum Gasteiger partial charge on any atom is -0.445 e. The Morgan fingerprint density at radius 3 is 2.05 bits per heavy atom. The Hall–Kier alpha value is -4.79. The number of rotatable bonds is 10. The molecule has 0 unspecified atom stereocenters. The van der Waals surface area contributed by atoms with Crippen molar-refractivity contribution in [2.24, 2.45) is 5.73 Å². The number of para-hydroxylation sites is 2. The summed E-state index contributed by atoms with van der Waals surface area (Å²) in [5, 5.41) is 5.28. The highest BCUT2D eigenvalue weighted by atomic mass is 16.5. The first kappa shape index (κ1) is 25.3. The van der Waals surface area contributed by atoms with Crippen molar-refractivity contribution in [3.63, 3.8) is 0 Å². The molecule has 4 rings (SSSR count). The van der Waals surface area contributed by atoms with Crippen LogP contribution in [0, 0.1) is 0 Å². The van der Waals surface area contributed by atoms with Gasteiger partial charge in [-0.1, -0.05) is 72.8 Å². The number of benzene rings is 3. The molecule has 3 amide bonds. The van der Waals surface area contributed by atoms with Gasteiger partial charge < -0.3 is 21.1 Å². The first-order valence-electron chi connectivity index (χ1n) is 11.8.